The first-order chi connectivity index (χ1) is 13.5. The maximum atomic E-state index is 13.3. The van der Waals surface area contributed by atoms with Gasteiger partial charge in [-0.2, -0.15) is 0 Å². The second kappa shape index (κ2) is 7.44. The normalized spacial score (nSPS) is 13.1. The summed E-state index contributed by atoms with van der Waals surface area (Å²) >= 11 is 5.74. The first-order valence-electron chi connectivity index (χ1n) is 8.70. The SMILES string of the molecule is O=C(Nc1ccc(F)c(Cl)c1)N1CCc2nc(-c3ccccc3)[nH]c(=O)c2C1. The monoisotopic (exact) mass is 398 g/mol. The number of H-pyrrole nitrogens is 1. The van der Waals surface area contributed by atoms with Crippen molar-refractivity contribution >= 4 is 23.3 Å². The molecule has 4 rings (SSSR count). The van der Waals surface area contributed by atoms with Crippen molar-refractivity contribution < 1.29 is 9.18 Å². The van der Waals surface area contributed by atoms with Gasteiger partial charge in [-0.3, -0.25) is 4.79 Å². The summed E-state index contributed by atoms with van der Waals surface area (Å²) in [6, 6.07) is 13.0. The molecule has 0 bridgehead atoms. The van der Waals surface area contributed by atoms with Gasteiger partial charge in [0.05, 0.1) is 22.8 Å². The fraction of sp³-hybridized carbons (Fsp3) is 0.150. The number of anilines is 1. The summed E-state index contributed by atoms with van der Waals surface area (Å²) < 4.78 is 13.3. The van der Waals surface area contributed by atoms with E-state index in [1.807, 2.05) is 30.3 Å². The summed E-state index contributed by atoms with van der Waals surface area (Å²) in [6.07, 6.45) is 0.469. The number of carbonyl (C=O) groups excluding carboxylic acids is 1. The van der Waals surface area contributed by atoms with Crippen LogP contribution in [0.1, 0.15) is 11.3 Å². The minimum atomic E-state index is -0.557. The smallest absolute Gasteiger partial charge is 0.320 e. The van der Waals surface area contributed by atoms with Gasteiger partial charge in [-0.15, -0.1) is 0 Å². The molecule has 1 aromatic heterocycles. The zero-order valence-corrected chi connectivity index (χ0v) is 15.5. The van der Waals surface area contributed by atoms with E-state index in [4.69, 9.17) is 11.6 Å². The van der Waals surface area contributed by atoms with Gasteiger partial charge in [-0.1, -0.05) is 41.9 Å². The Morgan fingerprint density at radius 1 is 1.21 bits per heavy atom. The molecule has 0 aliphatic carbocycles. The largest absolute Gasteiger partial charge is 0.322 e. The molecule has 0 saturated heterocycles. The van der Waals surface area contributed by atoms with Gasteiger partial charge < -0.3 is 15.2 Å². The van der Waals surface area contributed by atoms with Gasteiger partial charge in [-0.25, -0.2) is 14.2 Å². The second-order valence-electron chi connectivity index (χ2n) is 6.44. The van der Waals surface area contributed by atoms with E-state index in [9.17, 15) is 14.0 Å². The first-order valence-corrected chi connectivity index (χ1v) is 9.07. The molecular weight excluding hydrogens is 383 g/mol. The minimum Gasteiger partial charge on any atom is -0.320 e. The van der Waals surface area contributed by atoms with Crippen LogP contribution in [-0.2, 0) is 13.0 Å². The number of hydrogen-bond acceptors (Lipinski definition) is 3. The molecule has 0 atom stereocenters. The summed E-state index contributed by atoms with van der Waals surface area (Å²) in [5.41, 5.74) is 2.12. The van der Waals surface area contributed by atoms with Gasteiger partial charge in [0.1, 0.15) is 11.6 Å². The number of halogens is 2. The van der Waals surface area contributed by atoms with E-state index in [0.717, 1.165) is 5.56 Å². The minimum absolute atomic E-state index is 0.0733. The number of fused-ring (bicyclic) bond motifs is 1. The molecule has 0 fully saturated rings. The number of aromatic nitrogens is 2. The van der Waals surface area contributed by atoms with Gasteiger partial charge in [0.25, 0.3) is 5.56 Å². The highest BCUT2D eigenvalue weighted by molar-refractivity contribution is 6.31. The summed E-state index contributed by atoms with van der Waals surface area (Å²) in [6.45, 7) is 0.561. The predicted molar refractivity (Wildman–Crippen MR) is 105 cm³/mol. The van der Waals surface area contributed by atoms with Gasteiger partial charge in [0.2, 0.25) is 0 Å². The third-order valence-corrected chi connectivity index (χ3v) is 4.86. The lowest BCUT2D eigenvalue weighted by atomic mass is 10.1. The van der Waals surface area contributed by atoms with Crippen molar-refractivity contribution in [3.8, 4) is 11.4 Å². The maximum absolute atomic E-state index is 13.3. The highest BCUT2D eigenvalue weighted by Gasteiger charge is 2.25. The Morgan fingerprint density at radius 3 is 2.75 bits per heavy atom. The van der Waals surface area contributed by atoms with Crippen molar-refractivity contribution in [1.29, 1.82) is 0 Å². The van der Waals surface area contributed by atoms with E-state index in [1.54, 1.807) is 0 Å². The Labute approximate surface area is 165 Å². The number of amides is 2. The number of hydrogen-bond donors (Lipinski definition) is 2. The first kappa shape index (κ1) is 18.2. The summed E-state index contributed by atoms with van der Waals surface area (Å²) in [5, 5.41) is 2.60. The van der Waals surface area contributed by atoms with E-state index in [-0.39, 0.29) is 23.2 Å². The fourth-order valence-electron chi connectivity index (χ4n) is 3.11. The molecule has 2 amide bonds. The van der Waals surface area contributed by atoms with Crippen LogP contribution in [0.2, 0.25) is 5.02 Å². The molecule has 2 heterocycles. The highest BCUT2D eigenvalue weighted by Crippen LogP contribution is 2.22. The average Bonchev–Trinajstić information content (AvgIpc) is 2.71. The molecule has 28 heavy (non-hydrogen) atoms. The van der Waals surface area contributed by atoms with Gasteiger partial charge >= 0.3 is 6.03 Å². The van der Waals surface area contributed by atoms with Crippen molar-refractivity contribution in [2.75, 3.05) is 11.9 Å². The fourth-order valence-corrected chi connectivity index (χ4v) is 3.29. The standard InChI is InChI=1S/C20H16ClFN4O2/c21-15-10-13(6-7-16(15)22)23-20(28)26-9-8-17-14(11-26)19(27)25-18(24-17)12-4-2-1-3-5-12/h1-7,10H,8-9,11H2,(H,23,28)(H,24,25,27). The van der Waals surface area contributed by atoms with Crippen LogP contribution in [0, 0.1) is 5.82 Å². The third-order valence-electron chi connectivity index (χ3n) is 4.57. The molecule has 0 radical (unpaired) electrons. The Kier molecular flexibility index (Phi) is 4.83. The van der Waals surface area contributed by atoms with Gasteiger partial charge in [0, 0.05) is 24.2 Å². The van der Waals surface area contributed by atoms with Crippen LogP contribution >= 0.6 is 11.6 Å². The quantitative estimate of drug-likeness (QED) is 0.688. The molecular formula is C20H16ClFN4O2. The average molecular weight is 399 g/mol. The molecule has 0 unspecified atom stereocenters. The molecule has 2 aromatic carbocycles. The van der Waals surface area contributed by atoms with Crippen LogP contribution in [0.15, 0.2) is 53.3 Å². The lowest BCUT2D eigenvalue weighted by Gasteiger charge is -2.28. The van der Waals surface area contributed by atoms with Crippen LogP contribution in [-0.4, -0.2) is 27.4 Å². The number of urea groups is 1. The van der Waals surface area contributed by atoms with Crippen LogP contribution in [0.25, 0.3) is 11.4 Å². The number of benzene rings is 2. The number of carbonyl (C=O) groups is 1. The lowest BCUT2D eigenvalue weighted by molar-refractivity contribution is 0.205. The Morgan fingerprint density at radius 2 is 2.00 bits per heavy atom. The summed E-state index contributed by atoms with van der Waals surface area (Å²) in [5.74, 6) is -0.0402. The van der Waals surface area contributed by atoms with Crippen LogP contribution < -0.4 is 10.9 Å². The second-order valence-corrected chi connectivity index (χ2v) is 6.84. The molecule has 8 heteroatoms. The number of nitrogens with one attached hydrogen (secondary N) is 2. The van der Waals surface area contributed by atoms with E-state index < -0.39 is 5.82 Å². The van der Waals surface area contributed by atoms with Crippen molar-refractivity contribution in [3.63, 3.8) is 0 Å². The zero-order chi connectivity index (χ0) is 19.7. The summed E-state index contributed by atoms with van der Waals surface area (Å²) in [4.78, 5) is 33.9. The van der Waals surface area contributed by atoms with Crippen molar-refractivity contribution in [1.82, 2.24) is 14.9 Å². The van der Waals surface area contributed by atoms with Crippen molar-refractivity contribution in [3.05, 3.63) is 81.0 Å². The number of nitrogens with zero attached hydrogens (tertiary/aromatic N) is 2. The maximum Gasteiger partial charge on any atom is 0.322 e. The van der Waals surface area contributed by atoms with Gasteiger partial charge in [0.15, 0.2) is 0 Å². The molecule has 6 nitrogen and oxygen atoms in total. The Bertz CT molecular complexity index is 1100. The van der Waals surface area contributed by atoms with E-state index in [2.05, 4.69) is 15.3 Å². The lowest BCUT2D eigenvalue weighted by Crippen LogP contribution is -2.41. The number of aromatic amines is 1. The van der Waals surface area contributed by atoms with E-state index in [0.29, 0.717) is 35.7 Å². The van der Waals surface area contributed by atoms with Crippen LogP contribution in [0.4, 0.5) is 14.9 Å². The molecule has 142 valence electrons. The van der Waals surface area contributed by atoms with E-state index in [1.165, 1.54) is 23.1 Å². The molecule has 1 aliphatic heterocycles. The van der Waals surface area contributed by atoms with Crippen LogP contribution in [0.3, 0.4) is 0 Å². The van der Waals surface area contributed by atoms with E-state index >= 15 is 0 Å². The third kappa shape index (κ3) is 3.61. The van der Waals surface area contributed by atoms with Crippen LogP contribution in [0.5, 0.6) is 0 Å². The number of rotatable bonds is 2. The zero-order valence-electron chi connectivity index (χ0n) is 14.7. The highest BCUT2D eigenvalue weighted by atomic mass is 35.5. The Balaban J connectivity index is 1.54. The Hall–Kier alpha value is -3.19. The predicted octanol–water partition coefficient (Wildman–Crippen LogP) is 3.82. The topological polar surface area (TPSA) is 78.1 Å². The molecule has 1 aliphatic rings. The van der Waals surface area contributed by atoms with Crippen molar-refractivity contribution in [2.24, 2.45) is 0 Å². The molecule has 2 N–H and O–H groups in total. The van der Waals surface area contributed by atoms with Gasteiger partial charge in [-0.05, 0) is 18.2 Å². The summed E-state index contributed by atoms with van der Waals surface area (Å²) in [7, 11) is 0. The molecule has 0 spiro atoms. The molecule has 3 aromatic rings. The van der Waals surface area contributed by atoms with Crippen molar-refractivity contribution in [2.45, 2.75) is 13.0 Å². The molecule has 0 saturated carbocycles.